The number of piperidine rings is 1. The lowest BCUT2D eigenvalue weighted by molar-refractivity contribution is 0.0286. The van der Waals surface area contributed by atoms with Crippen molar-refractivity contribution in [2.75, 3.05) is 25.5 Å². The van der Waals surface area contributed by atoms with E-state index in [9.17, 15) is 13.2 Å². The number of aliphatic imine (C=N–C) groups is 1. The van der Waals surface area contributed by atoms with Crippen LogP contribution in [0.4, 0.5) is 10.5 Å². The van der Waals surface area contributed by atoms with Crippen molar-refractivity contribution in [3.8, 4) is 0 Å². The molecule has 0 aliphatic carbocycles. The molecule has 1 aliphatic heterocycles. The van der Waals surface area contributed by atoms with Crippen LogP contribution in [0, 0.1) is 6.92 Å². The molecule has 0 radical (unpaired) electrons. The summed E-state index contributed by atoms with van der Waals surface area (Å²) in [5.74, 6) is 0.669. The molecule has 0 saturated carbocycles. The van der Waals surface area contributed by atoms with Crippen molar-refractivity contribution in [2.45, 2.75) is 69.9 Å². The van der Waals surface area contributed by atoms with Crippen molar-refractivity contribution >= 4 is 28.0 Å². The fourth-order valence-corrected chi connectivity index (χ4v) is 4.45. The molecule has 1 aliphatic rings. The summed E-state index contributed by atoms with van der Waals surface area (Å²) in [7, 11) is -2.06. The summed E-state index contributed by atoms with van der Waals surface area (Å²) in [6, 6.07) is 3.04. The first-order valence-electron chi connectivity index (χ1n) is 11.7. The Labute approximate surface area is 213 Å². The van der Waals surface area contributed by atoms with Gasteiger partial charge in [0.15, 0.2) is 26.4 Å². The Morgan fingerprint density at radius 1 is 1.28 bits per heavy atom. The summed E-state index contributed by atoms with van der Waals surface area (Å²) >= 11 is 0. The van der Waals surface area contributed by atoms with E-state index in [-0.39, 0.29) is 40.7 Å². The van der Waals surface area contributed by atoms with Gasteiger partial charge in [-0.05, 0) is 46.8 Å². The van der Waals surface area contributed by atoms with E-state index >= 15 is 0 Å². The number of nitrogens with two attached hydrogens (primary N) is 1. The number of likely N-dealkylation sites (tertiary alicyclic amines) is 1. The third kappa shape index (κ3) is 7.36. The van der Waals surface area contributed by atoms with Crippen LogP contribution < -0.4 is 11.1 Å². The van der Waals surface area contributed by atoms with Crippen LogP contribution >= 0.6 is 0 Å². The zero-order chi connectivity index (χ0) is 27.0. The molecule has 1 amide bonds. The van der Waals surface area contributed by atoms with Gasteiger partial charge in [0, 0.05) is 25.9 Å². The molecular weight excluding hydrogens is 486 g/mol. The summed E-state index contributed by atoms with van der Waals surface area (Å²) in [4.78, 5) is 22.2. The van der Waals surface area contributed by atoms with E-state index in [1.165, 1.54) is 13.2 Å². The molecule has 0 atom stereocenters. The molecule has 12 heteroatoms. The van der Waals surface area contributed by atoms with Crippen molar-refractivity contribution < 1.29 is 27.4 Å². The quantitative estimate of drug-likeness (QED) is 0.204. The molecule has 0 aromatic carbocycles. The number of nitrogens with one attached hydrogen (secondary N) is 1. The lowest BCUT2D eigenvalue weighted by atomic mass is 10.1. The maximum absolute atomic E-state index is 12.4. The van der Waals surface area contributed by atoms with Gasteiger partial charge in [0.05, 0.1) is 36.2 Å². The van der Waals surface area contributed by atoms with Gasteiger partial charge < -0.3 is 30.2 Å². The van der Waals surface area contributed by atoms with Gasteiger partial charge in [0.1, 0.15) is 6.10 Å². The smallest absolute Gasteiger partial charge is 0.410 e. The lowest BCUT2D eigenvalue weighted by Crippen LogP contribution is -2.41. The third-order valence-electron chi connectivity index (χ3n) is 5.45. The van der Waals surface area contributed by atoms with Crippen LogP contribution in [0.1, 0.15) is 46.2 Å². The van der Waals surface area contributed by atoms with Crippen LogP contribution in [0.3, 0.4) is 0 Å². The molecule has 2 rings (SSSR count). The Hall–Kier alpha value is -3.28. The molecule has 1 saturated heterocycles. The summed E-state index contributed by atoms with van der Waals surface area (Å²) in [6.07, 6.45) is 1.59. The van der Waals surface area contributed by atoms with Crippen molar-refractivity contribution in [3.63, 3.8) is 0 Å². The van der Waals surface area contributed by atoms with Crippen LogP contribution in [0.2, 0.25) is 0 Å². The topological polar surface area (TPSA) is 145 Å². The number of carbonyl (C=O) groups is 1. The molecule has 1 fully saturated rings. The van der Waals surface area contributed by atoms with Crippen LogP contribution in [0.5, 0.6) is 0 Å². The Morgan fingerprint density at radius 2 is 1.92 bits per heavy atom. The van der Waals surface area contributed by atoms with Crippen LogP contribution in [-0.4, -0.2) is 68.4 Å². The molecule has 36 heavy (non-hydrogen) atoms. The number of methoxy groups -OCH3 is 1. The van der Waals surface area contributed by atoms with Gasteiger partial charge in [-0.3, -0.25) is 0 Å². The number of ether oxygens (including phenoxy) is 3. The molecule has 2 heterocycles. The van der Waals surface area contributed by atoms with Crippen molar-refractivity contribution in [1.29, 1.82) is 0 Å². The average molecular weight is 524 g/mol. The molecule has 0 spiro atoms. The number of hydrogen-bond acceptors (Lipinski definition) is 9. The maximum atomic E-state index is 12.4. The number of aromatic nitrogens is 1. The van der Waals surface area contributed by atoms with E-state index < -0.39 is 15.1 Å². The zero-order valence-electron chi connectivity index (χ0n) is 21.8. The van der Waals surface area contributed by atoms with E-state index in [0.717, 1.165) is 6.34 Å². The molecule has 0 bridgehead atoms. The molecule has 11 nitrogen and oxygen atoms in total. The second kappa shape index (κ2) is 12.6. The van der Waals surface area contributed by atoms with Crippen molar-refractivity contribution in [2.24, 2.45) is 10.7 Å². The number of sulfone groups is 1. The fraction of sp³-hybridized carbons (Fsp3) is 0.542. The first-order valence-corrected chi connectivity index (χ1v) is 13.3. The Morgan fingerprint density at radius 3 is 2.42 bits per heavy atom. The minimum absolute atomic E-state index is 0.00303. The van der Waals surface area contributed by atoms with E-state index in [0.29, 0.717) is 37.3 Å². The number of amides is 1. The number of rotatable bonds is 10. The second-order valence-electron chi connectivity index (χ2n) is 8.82. The molecule has 3 N–H and O–H groups in total. The number of hydrogen-bond donors (Lipinski definition) is 2. The van der Waals surface area contributed by atoms with Gasteiger partial charge in [-0.1, -0.05) is 6.58 Å². The summed E-state index contributed by atoms with van der Waals surface area (Å²) in [5, 5.41) is 2.48. The minimum Gasteiger partial charge on any atom is -0.490 e. The average Bonchev–Trinajstić information content (AvgIpc) is 2.80. The highest BCUT2D eigenvalue weighted by atomic mass is 32.2. The predicted molar refractivity (Wildman–Crippen MR) is 138 cm³/mol. The SMILES string of the molecule is C=C(OC1CCN(C(=O)OC(C)C)CC1)/C(OC)=C(\N=C/N)Nc1ccc(S(=O)(=O)C(C)C)nc1C. The number of pyridine rings is 1. The Balaban J connectivity index is 2.17. The van der Waals surface area contributed by atoms with Crippen LogP contribution in [0.15, 0.2) is 46.1 Å². The van der Waals surface area contributed by atoms with Gasteiger partial charge >= 0.3 is 6.09 Å². The van der Waals surface area contributed by atoms with Gasteiger partial charge in [-0.15, -0.1) is 0 Å². The highest BCUT2D eigenvalue weighted by Crippen LogP contribution is 2.26. The summed E-state index contributed by atoms with van der Waals surface area (Å²) in [5.41, 5.74) is 6.51. The Kier molecular flexibility index (Phi) is 10.1. The monoisotopic (exact) mass is 523 g/mol. The highest BCUT2D eigenvalue weighted by Gasteiger charge is 2.27. The molecule has 1 aromatic rings. The zero-order valence-corrected chi connectivity index (χ0v) is 22.6. The normalized spacial score (nSPS) is 15.7. The first kappa shape index (κ1) is 29.0. The number of carbonyl (C=O) groups excluding carboxylic acids is 1. The number of nitrogens with zero attached hydrogens (tertiary/aromatic N) is 3. The Bertz CT molecular complexity index is 1110. The molecular formula is C24H37N5O6S. The van der Waals surface area contributed by atoms with Gasteiger partial charge in [0.25, 0.3) is 0 Å². The molecule has 200 valence electrons. The van der Waals surface area contributed by atoms with Crippen molar-refractivity contribution in [3.05, 3.63) is 41.7 Å². The fourth-order valence-electron chi connectivity index (χ4n) is 3.45. The van der Waals surface area contributed by atoms with E-state index in [1.54, 1.807) is 31.7 Å². The van der Waals surface area contributed by atoms with E-state index in [1.807, 2.05) is 13.8 Å². The highest BCUT2D eigenvalue weighted by molar-refractivity contribution is 7.91. The van der Waals surface area contributed by atoms with Gasteiger partial charge in [0.2, 0.25) is 5.76 Å². The standard InChI is InChI=1S/C24H37N5O6S/c1-15(2)34-24(30)29-12-10-19(11-13-29)35-18(6)22(33-7)23(26-14-25)28-20-8-9-21(27-17(20)5)36(31,32)16(3)4/h8-9,14-16,19,28H,6,10-13H2,1-5,7H3,(H2,25,26)/b23-22-. The number of anilines is 1. The molecule has 0 unspecified atom stereocenters. The van der Waals surface area contributed by atoms with Gasteiger partial charge in [-0.25, -0.2) is 23.2 Å². The maximum Gasteiger partial charge on any atom is 0.410 e. The summed E-state index contributed by atoms with van der Waals surface area (Å²) < 4.78 is 41.7. The molecule has 1 aromatic heterocycles. The van der Waals surface area contributed by atoms with Crippen LogP contribution in [0.25, 0.3) is 0 Å². The third-order valence-corrected chi connectivity index (χ3v) is 7.50. The predicted octanol–water partition coefficient (Wildman–Crippen LogP) is 3.33. The summed E-state index contributed by atoms with van der Waals surface area (Å²) in [6.45, 7) is 13.5. The second-order valence-corrected chi connectivity index (χ2v) is 11.3. The largest absolute Gasteiger partial charge is 0.490 e. The van der Waals surface area contributed by atoms with E-state index in [2.05, 4.69) is 21.9 Å². The minimum atomic E-state index is -3.51. The van der Waals surface area contributed by atoms with Crippen LogP contribution in [-0.2, 0) is 24.0 Å². The lowest BCUT2D eigenvalue weighted by Gasteiger charge is -2.32. The number of aryl methyl sites for hydroxylation is 1. The van der Waals surface area contributed by atoms with E-state index in [4.69, 9.17) is 19.9 Å². The van der Waals surface area contributed by atoms with Gasteiger partial charge in [-0.2, -0.15) is 0 Å². The van der Waals surface area contributed by atoms with Crippen molar-refractivity contribution in [1.82, 2.24) is 9.88 Å². The first-order chi connectivity index (χ1) is 16.9.